The molecule has 1 aliphatic carbocycles. The van der Waals surface area contributed by atoms with Gasteiger partial charge in [-0.15, -0.1) is 0 Å². The van der Waals surface area contributed by atoms with Crippen molar-refractivity contribution in [3.05, 3.63) is 48.0 Å². The zero-order valence-corrected chi connectivity index (χ0v) is 13.3. The summed E-state index contributed by atoms with van der Waals surface area (Å²) in [5.74, 6) is -0.274. The third-order valence-corrected chi connectivity index (χ3v) is 4.38. The molecule has 3 amide bonds. The van der Waals surface area contributed by atoms with Crippen LogP contribution in [-0.2, 0) is 11.3 Å². The number of nitrogens with zero attached hydrogens (tertiary/aromatic N) is 2. The number of hydrogen-bond acceptors (Lipinski definition) is 3. The van der Waals surface area contributed by atoms with Crippen LogP contribution in [0.1, 0.15) is 31.2 Å². The number of amides is 3. The van der Waals surface area contributed by atoms with Gasteiger partial charge in [0, 0.05) is 19.6 Å². The van der Waals surface area contributed by atoms with Crippen molar-refractivity contribution in [1.82, 2.24) is 15.3 Å². The monoisotopic (exact) mass is 313 g/mol. The highest BCUT2D eigenvalue weighted by molar-refractivity contribution is 5.95. The molecule has 0 saturated carbocycles. The number of hydrogen-bond donors (Lipinski definition) is 1. The smallest absolute Gasteiger partial charge is 0.332 e. The number of imide groups is 1. The standard InChI is InChI=1S/C18H23N3O2/c22-17(16-10-4-5-11-16)21(20-12-6-7-13-20)18(23)19-14-15-8-2-1-3-9-15/h1-4,8-10,16H,5-7,11-14H2,(H,19,23). The minimum Gasteiger partial charge on any atom is -0.332 e. The van der Waals surface area contributed by atoms with Gasteiger partial charge in [-0.05, 0) is 31.2 Å². The number of urea groups is 1. The summed E-state index contributed by atoms with van der Waals surface area (Å²) in [6.07, 6.45) is 7.71. The maximum Gasteiger partial charge on any atom is 0.339 e. The Morgan fingerprint density at radius 1 is 1.17 bits per heavy atom. The zero-order valence-electron chi connectivity index (χ0n) is 13.3. The van der Waals surface area contributed by atoms with E-state index in [1.807, 2.05) is 47.5 Å². The molecule has 3 rings (SSSR count). The fourth-order valence-electron chi connectivity index (χ4n) is 3.11. The summed E-state index contributed by atoms with van der Waals surface area (Å²) in [4.78, 5) is 25.4. The maximum atomic E-state index is 12.8. The van der Waals surface area contributed by atoms with Gasteiger partial charge in [0.25, 0.3) is 5.91 Å². The van der Waals surface area contributed by atoms with Crippen LogP contribution in [0.15, 0.2) is 42.5 Å². The van der Waals surface area contributed by atoms with Crippen molar-refractivity contribution in [1.29, 1.82) is 0 Å². The Hall–Kier alpha value is -2.14. The molecule has 0 bridgehead atoms. The van der Waals surface area contributed by atoms with Gasteiger partial charge in [0.2, 0.25) is 0 Å². The summed E-state index contributed by atoms with van der Waals surface area (Å²) in [6.45, 7) is 1.96. The van der Waals surface area contributed by atoms with E-state index in [0.29, 0.717) is 6.54 Å². The van der Waals surface area contributed by atoms with Gasteiger partial charge >= 0.3 is 6.03 Å². The fraction of sp³-hybridized carbons (Fsp3) is 0.444. The molecule has 23 heavy (non-hydrogen) atoms. The molecule has 0 aromatic heterocycles. The first kappa shape index (κ1) is 15.7. The second kappa shape index (κ2) is 7.42. The number of carbonyl (C=O) groups is 2. The van der Waals surface area contributed by atoms with Crippen LogP contribution >= 0.6 is 0 Å². The van der Waals surface area contributed by atoms with Crippen LogP contribution in [0, 0.1) is 5.92 Å². The SMILES string of the molecule is O=C(NCc1ccccc1)N(C(=O)C1C=CCC1)N1CCCC1. The highest BCUT2D eigenvalue weighted by atomic mass is 16.2. The Morgan fingerprint density at radius 2 is 1.91 bits per heavy atom. The first-order valence-electron chi connectivity index (χ1n) is 8.33. The topological polar surface area (TPSA) is 52.7 Å². The van der Waals surface area contributed by atoms with Crippen molar-refractivity contribution in [2.75, 3.05) is 13.1 Å². The summed E-state index contributed by atoms with van der Waals surface area (Å²) in [7, 11) is 0. The lowest BCUT2D eigenvalue weighted by Gasteiger charge is -2.31. The van der Waals surface area contributed by atoms with Crippen LogP contribution in [0.4, 0.5) is 4.79 Å². The van der Waals surface area contributed by atoms with E-state index in [1.54, 1.807) is 0 Å². The minimum atomic E-state index is -0.318. The summed E-state index contributed by atoms with van der Waals surface area (Å²) in [5, 5.41) is 6.11. The number of rotatable bonds is 4. The van der Waals surface area contributed by atoms with Crippen LogP contribution in [0.5, 0.6) is 0 Å². The number of allylic oxidation sites excluding steroid dienone is 1. The van der Waals surface area contributed by atoms with Gasteiger partial charge in [0.1, 0.15) is 0 Å². The average Bonchev–Trinajstić information content (AvgIpc) is 3.27. The molecule has 1 aromatic rings. The van der Waals surface area contributed by atoms with Crippen LogP contribution in [0.25, 0.3) is 0 Å². The van der Waals surface area contributed by atoms with Crippen molar-refractivity contribution in [2.45, 2.75) is 32.2 Å². The molecule has 2 aliphatic rings. The van der Waals surface area contributed by atoms with Gasteiger partial charge in [0.05, 0.1) is 5.92 Å². The van der Waals surface area contributed by atoms with Crippen LogP contribution in [0.3, 0.4) is 0 Å². The largest absolute Gasteiger partial charge is 0.339 e. The van der Waals surface area contributed by atoms with Gasteiger partial charge in [-0.1, -0.05) is 42.5 Å². The average molecular weight is 313 g/mol. The molecule has 1 fully saturated rings. The van der Waals surface area contributed by atoms with E-state index in [1.165, 1.54) is 5.01 Å². The molecule has 0 spiro atoms. The Labute approximate surface area is 136 Å². The van der Waals surface area contributed by atoms with Crippen molar-refractivity contribution in [3.8, 4) is 0 Å². The lowest BCUT2D eigenvalue weighted by atomic mass is 10.1. The first-order valence-corrected chi connectivity index (χ1v) is 8.33. The van der Waals surface area contributed by atoms with Gasteiger partial charge < -0.3 is 5.32 Å². The van der Waals surface area contributed by atoms with Gasteiger partial charge in [-0.2, -0.15) is 5.01 Å². The molecule has 1 heterocycles. The molecule has 1 saturated heterocycles. The normalized spacial score (nSPS) is 20.6. The number of hydrazine groups is 1. The zero-order chi connectivity index (χ0) is 16.1. The third-order valence-electron chi connectivity index (χ3n) is 4.38. The highest BCUT2D eigenvalue weighted by Gasteiger charge is 2.34. The highest BCUT2D eigenvalue weighted by Crippen LogP contribution is 2.22. The molecule has 1 aromatic carbocycles. The number of carbonyl (C=O) groups excluding carboxylic acids is 2. The van der Waals surface area contributed by atoms with Crippen LogP contribution in [0.2, 0.25) is 0 Å². The van der Waals surface area contributed by atoms with Crippen LogP contribution < -0.4 is 5.32 Å². The van der Waals surface area contributed by atoms with E-state index < -0.39 is 0 Å². The van der Waals surface area contributed by atoms with Crippen molar-refractivity contribution < 1.29 is 9.59 Å². The predicted octanol–water partition coefficient (Wildman–Crippen LogP) is 2.70. The molecular weight excluding hydrogens is 290 g/mol. The Morgan fingerprint density at radius 3 is 2.57 bits per heavy atom. The second-order valence-electron chi connectivity index (χ2n) is 6.07. The van der Waals surface area contributed by atoms with E-state index in [2.05, 4.69) is 5.32 Å². The molecule has 1 N–H and O–H groups in total. The van der Waals surface area contributed by atoms with E-state index in [0.717, 1.165) is 44.3 Å². The van der Waals surface area contributed by atoms with E-state index in [4.69, 9.17) is 0 Å². The van der Waals surface area contributed by atoms with Gasteiger partial charge in [-0.3, -0.25) is 4.79 Å². The summed E-state index contributed by atoms with van der Waals surface area (Å²) in [5.41, 5.74) is 1.02. The molecule has 122 valence electrons. The van der Waals surface area contributed by atoms with Crippen molar-refractivity contribution in [2.24, 2.45) is 5.92 Å². The fourth-order valence-corrected chi connectivity index (χ4v) is 3.11. The first-order chi connectivity index (χ1) is 11.3. The lowest BCUT2D eigenvalue weighted by Crippen LogP contribution is -2.54. The Balaban J connectivity index is 1.67. The number of nitrogens with one attached hydrogen (secondary N) is 1. The molecule has 1 aliphatic heterocycles. The molecule has 1 atom stereocenters. The number of benzene rings is 1. The summed E-state index contributed by atoms with van der Waals surface area (Å²) >= 11 is 0. The van der Waals surface area contributed by atoms with Gasteiger partial charge in [-0.25, -0.2) is 9.80 Å². The summed E-state index contributed by atoms with van der Waals surface area (Å²) in [6, 6.07) is 9.42. The quantitative estimate of drug-likeness (QED) is 0.870. The molecule has 5 nitrogen and oxygen atoms in total. The van der Waals surface area contributed by atoms with E-state index in [-0.39, 0.29) is 17.9 Å². The maximum absolute atomic E-state index is 12.8. The second-order valence-corrected chi connectivity index (χ2v) is 6.07. The van der Waals surface area contributed by atoms with Gasteiger partial charge in [0.15, 0.2) is 0 Å². The minimum absolute atomic E-state index is 0.105. The molecule has 5 heteroatoms. The Bertz CT molecular complexity index is 579. The van der Waals surface area contributed by atoms with Crippen molar-refractivity contribution >= 4 is 11.9 Å². The summed E-state index contributed by atoms with van der Waals surface area (Å²) < 4.78 is 0. The van der Waals surface area contributed by atoms with E-state index >= 15 is 0 Å². The molecular formula is C18H23N3O2. The predicted molar refractivity (Wildman–Crippen MR) is 88.2 cm³/mol. The lowest BCUT2D eigenvalue weighted by molar-refractivity contribution is -0.143. The molecule has 1 unspecified atom stereocenters. The van der Waals surface area contributed by atoms with Crippen molar-refractivity contribution in [3.63, 3.8) is 0 Å². The van der Waals surface area contributed by atoms with E-state index in [9.17, 15) is 9.59 Å². The Kier molecular flexibility index (Phi) is 5.08. The third kappa shape index (κ3) is 3.79. The molecule has 0 radical (unpaired) electrons. The van der Waals surface area contributed by atoms with Crippen LogP contribution in [-0.4, -0.2) is 35.0 Å².